The number of benzene rings is 1. The average molecular weight is 355 g/mol. The van der Waals surface area contributed by atoms with E-state index in [1.165, 1.54) is 6.92 Å². The van der Waals surface area contributed by atoms with Gasteiger partial charge in [-0.25, -0.2) is 9.67 Å². The number of nitrogens with zero attached hydrogens (tertiary/aromatic N) is 4. The van der Waals surface area contributed by atoms with Crippen molar-refractivity contribution in [2.45, 2.75) is 40.8 Å². The lowest BCUT2D eigenvalue weighted by molar-refractivity contribution is -0.114. The van der Waals surface area contributed by atoms with E-state index in [9.17, 15) is 4.79 Å². The number of aromatic nitrogens is 4. The van der Waals surface area contributed by atoms with E-state index in [1.54, 1.807) is 6.33 Å². The van der Waals surface area contributed by atoms with Gasteiger partial charge in [0.25, 0.3) is 0 Å². The molecule has 26 heavy (non-hydrogen) atoms. The summed E-state index contributed by atoms with van der Waals surface area (Å²) in [5, 5.41) is 8.14. The smallest absolute Gasteiger partial charge is 0.221 e. The Morgan fingerprint density at radius 3 is 2.81 bits per heavy atom. The van der Waals surface area contributed by atoms with Gasteiger partial charge in [0, 0.05) is 25.9 Å². The summed E-state index contributed by atoms with van der Waals surface area (Å²) in [6, 6.07) is 6.01. The Morgan fingerprint density at radius 1 is 1.35 bits per heavy atom. The Kier molecular flexibility index (Phi) is 4.97. The zero-order chi connectivity index (χ0) is 18.8. The molecule has 0 radical (unpaired) electrons. The first-order valence-electron chi connectivity index (χ1n) is 8.73. The maximum Gasteiger partial charge on any atom is 0.221 e. The summed E-state index contributed by atoms with van der Waals surface area (Å²) in [6.45, 7) is 8.87. The van der Waals surface area contributed by atoms with Crippen LogP contribution in [0.5, 0.6) is 5.88 Å². The van der Waals surface area contributed by atoms with Gasteiger partial charge in [-0.1, -0.05) is 32.0 Å². The quantitative estimate of drug-likeness (QED) is 0.736. The SMILES string of the molecule is CC(=O)Nc1c(OCc2ncnn2CC(C)C)n(C)c2c(C)cccc12. The van der Waals surface area contributed by atoms with Gasteiger partial charge >= 0.3 is 0 Å². The van der Waals surface area contributed by atoms with Crippen LogP contribution in [0.25, 0.3) is 10.9 Å². The van der Waals surface area contributed by atoms with Crippen LogP contribution in [0.15, 0.2) is 24.5 Å². The highest BCUT2D eigenvalue weighted by molar-refractivity contribution is 6.05. The zero-order valence-corrected chi connectivity index (χ0v) is 15.9. The predicted molar refractivity (Wildman–Crippen MR) is 101 cm³/mol. The molecule has 0 aliphatic heterocycles. The fourth-order valence-corrected chi connectivity index (χ4v) is 3.19. The van der Waals surface area contributed by atoms with Crippen LogP contribution in [-0.2, 0) is 25.0 Å². The minimum absolute atomic E-state index is 0.133. The standard InChI is InChI=1S/C19H25N5O2/c1-12(2)9-24-16(20-11-21-24)10-26-19-17(22-14(4)25)15-8-6-7-13(3)18(15)23(19)5/h6-8,11-12H,9-10H2,1-5H3,(H,22,25). The van der Waals surface area contributed by atoms with Gasteiger partial charge in [-0.2, -0.15) is 5.10 Å². The fourth-order valence-electron chi connectivity index (χ4n) is 3.19. The molecule has 3 aromatic rings. The number of carbonyl (C=O) groups is 1. The van der Waals surface area contributed by atoms with Crippen molar-refractivity contribution in [2.24, 2.45) is 13.0 Å². The molecule has 0 saturated carbocycles. The van der Waals surface area contributed by atoms with E-state index in [-0.39, 0.29) is 12.5 Å². The normalized spacial score (nSPS) is 11.3. The number of rotatable bonds is 6. The molecule has 0 saturated heterocycles. The maximum atomic E-state index is 11.7. The second kappa shape index (κ2) is 7.19. The van der Waals surface area contributed by atoms with Crippen LogP contribution >= 0.6 is 0 Å². The first-order valence-corrected chi connectivity index (χ1v) is 8.73. The van der Waals surface area contributed by atoms with Crippen molar-refractivity contribution in [1.29, 1.82) is 0 Å². The van der Waals surface area contributed by atoms with Crippen molar-refractivity contribution >= 4 is 22.5 Å². The summed E-state index contributed by atoms with van der Waals surface area (Å²) in [6.07, 6.45) is 1.54. The van der Waals surface area contributed by atoms with E-state index >= 15 is 0 Å². The van der Waals surface area contributed by atoms with Crippen molar-refractivity contribution in [3.63, 3.8) is 0 Å². The van der Waals surface area contributed by atoms with Crippen LogP contribution in [-0.4, -0.2) is 25.2 Å². The van der Waals surface area contributed by atoms with Crippen molar-refractivity contribution in [3.8, 4) is 5.88 Å². The van der Waals surface area contributed by atoms with Crippen LogP contribution in [0, 0.1) is 12.8 Å². The zero-order valence-electron chi connectivity index (χ0n) is 15.9. The molecule has 0 bridgehead atoms. The summed E-state index contributed by atoms with van der Waals surface area (Å²) in [5.41, 5.74) is 2.85. The van der Waals surface area contributed by atoms with Crippen LogP contribution in [0.1, 0.15) is 32.2 Å². The topological polar surface area (TPSA) is 74.0 Å². The summed E-state index contributed by atoms with van der Waals surface area (Å²) >= 11 is 0. The lowest BCUT2D eigenvalue weighted by Crippen LogP contribution is -2.14. The van der Waals surface area contributed by atoms with Crippen LogP contribution in [0.2, 0.25) is 0 Å². The molecule has 1 aromatic carbocycles. The lowest BCUT2D eigenvalue weighted by Gasteiger charge is -2.12. The molecule has 0 aliphatic rings. The highest BCUT2D eigenvalue weighted by atomic mass is 16.5. The number of anilines is 1. The van der Waals surface area contributed by atoms with Gasteiger partial charge in [0.1, 0.15) is 18.6 Å². The van der Waals surface area contributed by atoms with Crippen LogP contribution < -0.4 is 10.1 Å². The number of aryl methyl sites for hydroxylation is 2. The van der Waals surface area contributed by atoms with Gasteiger partial charge in [-0.3, -0.25) is 4.79 Å². The number of hydrogen-bond acceptors (Lipinski definition) is 4. The van der Waals surface area contributed by atoms with Crippen LogP contribution in [0.4, 0.5) is 5.69 Å². The molecule has 1 amide bonds. The van der Waals surface area contributed by atoms with E-state index in [0.717, 1.165) is 28.8 Å². The molecule has 0 spiro atoms. The van der Waals surface area contributed by atoms with E-state index in [1.807, 2.05) is 41.4 Å². The Hall–Kier alpha value is -2.83. The van der Waals surface area contributed by atoms with Gasteiger partial charge in [0.2, 0.25) is 11.8 Å². The van der Waals surface area contributed by atoms with Crippen molar-refractivity contribution in [2.75, 3.05) is 5.32 Å². The molecule has 1 N–H and O–H groups in total. The Morgan fingerprint density at radius 2 is 2.12 bits per heavy atom. The first-order chi connectivity index (χ1) is 12.4. The van der Waals surface area contributed by atoms with Crippen molar-refractivity contribution in [3.05, 3.63) is 35.9 Å². The highest BCUT2D eigenvalue weighted by Crippen LogP contribution is 2.38. The van der Waals surface area contributed by atoms with Crippen LogP contribution in [0.3, 0.4) is 0 Å². The Balaban J connectivity index is 1.97. The molecule has 0 aliphatic carbocycles. The molecule has 0 atom stereocenters. The number of ether oxygens (including phenoxy) is 1. The lowest BCUT2D eigenvalue weighted by atomic mass is 10.1. The van der Waals surface area contributed by atoms with E-state index < -0.39 is 0 Å². The third-order valence-electron chi connectivity index (χ3n) is 4.23. The second-order valence-electron chi connectivity index (χ2n) is 6.93. The highest BCUT2D eigenvalue weighted by Gasteiger charge is 2.19. The molecular weight excluding hydrogens is 330 g/mol. The summed E-state index contributed by atoms with van der Waals surface area (Å²) in [4.78, 5) is 16.0. The number of carbonyl (C=O) groups excluding carboxylic acids is 1. The van der Waals surface area contributed by atoms with Gasteiger partial charge in [-0.15, -0.1) is 0 Å². The third-order valence-corrected chi connectivity index (χ3v) is 4.23. The minimum Gasteiger partial charge on any atom is -0.469 e. The molecule has 0 fully saturated rings. The number of fused-ring (bicyclic) bond motifs is 1. The molecule has 138 valence electrons. The molecular formula is C19H25N5O2. The molecule has 7 heteroatoms. The molecule has 7 nitrogen and oxygen atoms in total. The van der Waals surface area contributed by atoms with Crippen molar-refractivity contribution in [1.82, 2.24) is 19.3 Å². The second-order valence-corrected chi connectivity index (χ2v) is 6.93. The Labute approximate surface area is 153 Å². The average Bonchev–Trinajstić information content (AvgIpc) is 3.09. The van der Waals surface area contributed by atoms with Crippen molar-refractivity contribution < 1.29 is 9.53 Å². The third kappa shape index (κ3) is 3.42. The van der Waals surface area contributed by atoms with E-state index in [4.69, 9.17) is 4.74 Å². The number of para-hydroxylation sites is 1. The molecule has 0 unspecified atom stereocenters. The molecule has 2 heterocycles. The van der Waals surface area contributed by atoms with Gasteiger partial charge in [0.15, 0.2) is 5.82 Å². The monoisotopic (exact) mass is 355 g/mol. The van der Waals surface area contributed by atoms with Gasteiger partial charge in [0.05, 0.1) is 5.52 Å². The Bertz CT molecular complexity index is 939. The number of amides is 1. The largest absolute Gasteiger partial charge is 0.469 e. The number of hydrogen-bond donors (Lipinski definition) is 1. The minimum atomic E-state index is -0.133. The molecule has 2 aromatic heterocycles. The van der Waals surface area contributed by atoms with E-state index in [2.05, 4.69) is 29.2 Å². The predicted octanol–water partition coefficient (Wildman–Crippen LogP) is 3.27. The molecule has 3 rings (SSSR count). The van der Waals surface area contributed by atoms with Gasteiger partial charge < -0.3 is 14.6 Å². The summed E-state index contributed by atoms with van der Waals surface area (Å²) < 4.78 is 9.93. The number of nitrogens with one attached hydrogen (secondary N) is 1. The van der Waals surface area contributed by atoms with Gasteiger partial charge in [-0.05, 0) is 18.4 Å². The first kappa shape index (κ1) is 18.0. The van der Waals surface area contributed by atoms with E-state index in [0.29, 0.717) is 17.5 Å². The summed E-state index contributed by atoms with van der Waals surface area (Å²) in [5.74, 6) is 1.70. The maximum absolute atomic E-state index is 11.7. The fraction of sp³-hybridized carbons (Fsp3) is 0.421. The summed E-state index contributed by atoms with van der Waals surface area (Å²) in [7, 11) is 1.94.